The van der Waals surface area contributed by atoms with Crippen LogP contribution in [0.2, 0.25) is 0 Å². The summed E-state index contributed by atoms with van der Waals surface area (Å²) in [6.45, 7) is 12.0. The maximum Gasteiger partial charge on any atom is 0.171 e. The average molecular weight is 425 g/mol. The van der Waals surface area contributed by atoms with Gasteiger partial charge in [0, 0.05) is 0 Å². The van der Waals surface area contributed by atoms with E-state index in [1.54, 1.807) is 0 Å². The highest BCUT2D eigenvalue weighted by Crippen LogP contribution is 2.72. The van der Waals surface area contributed by atoms with E-state index in [9.17, 15) is 9.90 Å². The van der Waals surface area contributed by atoms with Crippen LogP contribution in [0.15, 0.2) is 23.3 Å². The van der Waals surface area contributed by atoms with E-state index in [1.807, 2.05) is 0 Å². The van der Waals surface area contributed by atoms with Crippen LogP contribution in [0.4, 0.5) is 0 Å². The summed E-state index contributed by atoms with van der Waals surface area (Å²) in [5.74, 6) is 4.03. The highest BCUT2D eigenvalue weighted by atomic mass is 16.3. The fraction of sp³-hybridized carbons (Fsp3) is 0.828. The number of aliphatic hydroxyl groups is 1. The van der Waals surface area contributed by atoms with Gasteiger partial charge in [0.05, 0.1) is 5.41 Å². The first kappa shape index (κ1) is 21.9. The normalized spacial score (nSPS) is 45.9. The summed E-state index contributed by atoms with van der Waals surface area (Å²) in [6.07, 6.45) is 16.0. The Hall–Kier alpha value is -0.890. The third kappa shape index (κ3) is 3.10. The third-order valence-corrected chi connectivity index (χ3v) is 11.1. The maximum atomic E-state index is 12.9. The standard InChI is InChI=1S/C29H44O2/c1-18(2)7-6-8-19(3)21-10-11-22-20-9-12-25-28(5,23(20)13-14-27(21,22)4)17-24(30)26(31)29(25)15-16-29/h7,12,19-24,30H,6,8-11,13-17H2,1-5H3/t19-,20-,21+,22-,23-,24?,27+,28+/m0/s1. The first-order valence-electron chi connectivity index (χ1n) is 13.2. The minimum atomic E-state index is -0.733. The van der Waals surface area contributed by atoms with Gasteiger partial charge in [-0.15, -0.1) is 0 Å². The smallest absolute Gasteiger partial charge is 0.171 e. The minimum absolute atomic E-state index is 0.0429. The van der Waals surface area contributed by atoms with Crippen LogP contribution in [0.3, 0.4) is 0 Å². The zero-order valence-corrected chi connectivity index (χ0v) is 20.5. The maximum absolute atomic E-state index is 12.9. The van der Waals surface area contributed by atoms with Gasteiger partial charge in [0.25, 0.3) is 0 Å². The molecule has 8 atom stereocenters. The first-order chi connectivity index (χ1) is 14.6. The fourth-order valence-electron chi connectivity index (χ4n) is 9.50. The molecule has 31 heavy (non-hydrogen) atoms. The number of aliphatic hydroxyl groups excluding tert-OH is 1. The number of hydrogen-bond acceptors (Lipinski definition) is 2. The van der Waals surface area contributed by atoms with E-state index in [2.05, 4.69) is 46.8 Å². The molecule has 0 heterocycles. The predicted octanol–water partition coefficient (Wildman–Crippen LogP) is 6.88. The van der Waals surface area contributed by atoms with Crippen molar-refractivity contribution >= 4 is 5.78 Å². The number of hydrogen-bond donors (Lipinski definition) is 1. The minimum Gasteiger partial charge on any atom is -0.385 e. The zero-order valence-electron chi connectivity index (χ0n) is 20.5. The molecule has 4 fully saturated rings. The Bertz CT molecular complexity index is 813. The molecule has 4 saturated carbocycles. The number of allylic oxidation sites excluding steroid dienone is 4. The molecule has 5 aliphatic carbocycles. The van der Waals surface area contributed by atoms with Crippen molar-refractivity contribution < 1.29 is 9.90 Å². The van der Waals surface area contributed by atoms with Crippen molar-refractivity contribution in [2.24, 2.45) is 45.8 Å². The summed E-state index contributed by atoms with van der Waals surface area (Å²) in [4.78, 5) is 12.9. The van der Waals surface area contributed by atoms with Gasteiger partial charge >= 0.3 is 0 Å². The van der Waals surface area contributed by atoms with Crippen LogP contribution in [0.1, 0.15) is 98.8 Å². The third-order valence-electron chi connectivity index (χ3n) is 11.1. The van der Waals surface area contributed by atoms with Crippen molar-refractivity contribution in [1.29, 1.82) is 0 Å². The van der Waals surface area contributed by atoms with E-state index in [-0.39, 0.29) is 16.6 Å². The summed E-state index contributed by atoms with van der Waals surface area (Å²) in [7, 11) is 0. The molecule has 5 aliphatic rings. The Morgan fingerprint density at radius 1 is 1.16 bits per heavy atom. The molecule has 2 nitrogen and oxygen atoms in total. The molecule has 172 valence electrons. The van der Waals surface area contributed by atoms with Gasteiger partial charge in [-0.3, -0.25) is 4.79 Å². The summed E-state index contributed by atoms with van der Waals surface area (Å²) < 4.78 is 0. The molecule has 1 unspecified atom stereocenters. The molecular weight excluding hydrogens is 380 g/mol. The lowest BCUT2D eigenvalue weighted by Crippen LogP contribution is -2.55. The zero-order chi connectivity index (χ0) is 22.2. The van der Waals surface area contributed by atoms with Gasteiger partial charge in [0.2, 0.25) is 0 Å². The van der Waals surface area contributed by atoms with Crippen molar-refractivity contribution in [2.45, 2.75) is 105 Å². The van der Waals surface area contributed by atoms with Crippen LogP contribution in [0, 0.1) is 45.8 Å². The van der Waals surface area contributed by atoms with Crippen LogP contribution in [0.5, 0.6) is 0 Å². The van der Waals surface area contributed by atoms with Crippen molar-refractivity contribution in [3.8, 4) is 0 Å². The first-order valence-corrected chi connectivity index (χ1v) is 13.2. The van der Waals surface area contributed by atoms with E-state index in [1.165, 1.54) is 56.1 Å². The molecule has 0 amide bonds. The Kier molecular flexibility index (Phi) is 5.17. The van der Waals surface area contributed by atoms with Crippen molar-refractivity contribution in [2.75, 3.05) is 0 Å². The van der Waals surface area contributed by atoms with Gasteiger partial charge in [-0.1, -0.05) is 44.1 Å². The number of rotatable bonds is 4. The molecule has 0 aromatic rings. The predicted molar refractivity (Wildman–Crippen MR) is 126 cm³/mol. The highest BCUT2D eigenvalue weighted by molar-refractivity contribution is 5.95. The molecule has 0 aliphatic heterocycles. The SMILES string of the molecule is CC(C)=CCC[C@H](C)[C@H]1CC[C@H]2[C@@H]3CC=C4C5(CC5)C(=O)C(O)C[C@]4(C)[C@H]3CC[C@]12C. The summed E-state index contributed by atoms with van der Waals surface area (Å²) >= 11 is 0. The Morgan fingerprint density at radius 3 is 2.58 bits per heavy atom. The van der Waals surface area contributed by atoms with Crippen LogP contribution < -0.4 is 0 Å². The number of carbonyl (C=O) groups is 1. The van der Waals surface area contributed by atoms with E-state index < -0.39 is 6.10 Å². The van der Waals surface area contributed by atoms with E-state index in [0.717, 1.165) is 36.5 Å². The molecular formula is C29H44O2. The second-order valence-electron chi connectivity index (χ2n) is 12.9. The number of carbonyl (C=O) groups excluding carboxylic acids is 1. The molecule has 0 saturated heterocycles. The molecule has 0 bridgehead atoms. The van der Waals surface area contributed by atoms with Crippen LogP contribution in [0.25, 0.3) is 0 Å². The average Bonchev–Trinajstić information content (AvgIpc) is 3.40. The Labute approximate surface area is 190 Å². The lowest BCUT2D eigenvalue weighted by molar-refractivity contribution is -0.141. The summed E-state index contributed by atoms with van der Waals surface area (Å²) in [5, 5.41) is 10.7. The lowest BCUT2D eigenvalue weighted by Gasteiger charge is -2.59. The van der Waals surface area contributed by atoms with E-state index >= 15 is 0 Å². The van der Waals surface area contributed by atoms with Gasteiger partial charge in [-0.05, 0) is 118 Å². The van der Waals surface area contributed by atoms with E-state index in [4.69, 9.17) is 0 Å². The molecule has 5 rings (SSSR count). The molecule has 0 aromatic heterocycles. The van der Waals surface area contributed by atoms with Crippen molar-refractivity contribution in [3.63, 3.8) is 0 Å². The topological polar surface area (TPSA) is 37.3 Å². The second-order valence-corrected chi connectivity index (χ2v) is 12.9. The highest BCUT2D eigenvalue weighted by Gasteiger charge is 2.67. The van der Waals surface area contributed by atoms with Crippen LogP contribution >= 0.6 is 0 Å². The second kappa shape index (κ2) is 7.31. The van der Waals surface area contributed by atoms with Crippen molar-refractivity contribution in [1.82, 2.24) is 0 Å². The monoisotopic (exact) mass is 424 g/mol. The lowest BCUT2D eigenvalue weighted by atomic mass is 9.45. The summed E-state index contributed by atoms with van der Waals surface area (Å²) in [6, 6.07) is 0. The number of Topliss-reactive ketones (excluding diaryl/α,β-unsaturated/α-hetero) is 1. The molecule has 0 radical (unpaired) electrons. The van der Waals surface area contributed by atoms with Gasteiger partial charge in [0.1, 0.15) is 6.10 Å². The molecule has 0 aromatic carbocycles. The number of ketones is 1. The van der Waals surface area contributed by atoms with E-state index in [0.29, 0.717) is 17.8 Å². The Balaban J connectivity index is 1.39. The van der Waals surface area contributed by atoms with Crippen LogP contribution in [-0.4, -0.2) is 17.0 Å². The van der Waals surface area contributed by atoms with Gasteiger partial charge in [-0.2, -0.15) is 0 Å². The summed E-state index contributed by atoms with van der Waals surface area (Å²) in [5.41, 5.74) is 3.15. The molecule has 2 heteroatoms. The molecule has 1 N–H and O–H groups in total. The van der Waals surface area contributed by atoms with Gasteiger partial charge in [-0.25, -0.2) is 0 Å². The van der Waals surface area contributed by atoms with Crippen LogP contribution in [-0.2, 0) is 4.79 Å². The quantitative estimate of drug-likeness (QED) is 0.500. The molecule has 1 spiro atoms. The number of fused-ring (bicyclic) bond motifs is 6. The fourth-order valence-corrected chi connectivity index (χ4v) is 9.50. The van der Waals surface area contributed by atoms with Gasteiger partial charge < -0.3 is 5.11 Å². The Morgan fingerprint density at radius 2 is 1.90 bits per heavy atom. The largest absolute Gasteiger partial charge is 0.385 e. The van der Waals surface area contributed by atoms with Crippen molar-refractivity contribution in [3.05, 3.63) is 23.3 Å². The van der Waals surface area contributed by atoms with Gasteiger partial charge in [0.15, 0.2) is 5.78 Å².